The average Bonchev–Trinajstić information content (AvgIpc) is 2.56. The molecule has 1 fully saturated rings. The zero-order chi connectivity index (χ0) is 13.0. The maximum absolute atomic E-state index is 12.0. The van der Waals surface area contributed by atoms with Crippen molar-refractivity contribution in [1.82, 2.24) is 10.6 Å². The lowest BCUT2D eigenvalue weighted by Gasteiger charge is -2.16. The first-order chi connectivity index (χ1) is 8.65. The highest BCUT2D eigenvalue weighted by Gasteiger charge is 2.16. The summed E-state index contributed by atoms with van der Waals surface area (Å²) in [5.41, 5.74) is 0.275. The van der Waals surface area contributed by atoms with Crippen LogP contribution in [0.5, 0.6) is 11.5 Å². The number of phenolic OH excluding ortho intramolecular Hbond substituents is 2. The van der Waals surface area contributed by atoms with E-state index in [9.17, 15) is 15.0 Å². The van der Waals surface area contributed by atoms with Crippen molar-refractivity contribution in [3.05, 3.63) is 23.8 Å². The fourth-order valence-corrected chi connectivity index (χ4v) is 2.14. The highest BCUT2D eigenvalue weighted by molar-refractivity contribution is 5.95. The quantitative estimate of drug-likeness (QED) is 0.630. The minimum Gasteiger partial charge on any atom is -0.508 e. The monoisotopic (exact) mass is 250 g/mol. The molecule has 5 heteroatoms. The summed E-state index contributed by atoms with van der Waals surface area (Å²) in [5, 5.41) is 24.9. The first-order valence-corrected chi connectivity index (χ1v) is 6.20. The Morgan fingerprint density at radius 1 is 1.22 bits per heavy atom. The summed E-state index contributed by atoms with van der Waals surface area (Å²) in [5.74, 6) is -0.492. The number of benzene rings is 1. The van der Waals surface area contributed by atoms with Crippen molar-refractivity contribution in [2.45, 2.75) is 25.3 Å². The van der Waals surface area contributed by atoms with Crippen LogP contribution in [0.4, 0.5) is 0 Å². The third-order valence-corrected chi connectivity index (χ3v) is 3.05. The summed E-state index contributed by atoms with van der Waals surface area (Å²) in [6.07, 6.45) is 3.16. The minimum atomic E-state index is -0.269. The normalized spacial score (nSPS) is 20.1. The second-order valence-electron chi connectivity index (χ2n) is 4.61. The van der Waals surface area contributed by atoms with Crippen LogP contribution in [0.15, 0.2) is 18.2 Å². The molecule has 1 aliphatic rings. The first-order valence-electron chi connectivity index (χ1n) is 6.20. The SMILES string of the molecule is O=C(NC1CCCCNC1)c1cc(O)cc(O)c1. The van der Waals surface area contributed by atoms with Crippen LogP contribution in [0.25, 0.3) is 0 Å². The maximum Gasteiger partial charge on any atom is 0.251 e. The summed E-state index contributed by atoms with van der Waals surface area (Å²) in [7, 11) is 0. The Balaban J connectivity index is 2.01. The van der Waals surface area contributed by atoms with Crippen molar-refractivity contribution in [1.29, 1.82) is 0 Å². The van der Waals surface area contributed by atoms with E-state index in [0.29, 0.717) is 0 Å². The molecule has 1 aromatic carbocycles. The Kier molecular flexibility index (Phi) is 4.04. The molecular formula is C13H18N2O3. The minimum absolute atomic E-state index is 0.101. The molecule has 1 saturated heterocycles. The third kappa shape index (κ3) is 3.37. The second-order valence-corrected chi connectivity index (χ2v) is 4.61. The van der Waals surface area contributed by atoms with Gasteiger partial charge in [0.1, 0.15) is 11.5 Å². The van der Waals surface area contributed by atoms with Gasteiger partial charge in [-0.05, 0) is 31.5 Å². The molecule has 0 saturated carbocycles. The smallest absolute Gasteiger partial charge is 0.251 e. The van der Waals surface area contributed by atoms with E-state index in [2.05, 4.69) is 10.6 Å². The molecule has 98 valence electrons. The lowest BCUT2D eigenvalue weighted by Crippen LogP contribution is -2.40. The van der Waals surface area contributed by atoms with Crippen LogP contribution in [0.3, 0.4) is 0 Å². The van der Waals surface area contributed by atoms with Crippen molar-refractivity contribution < 1.29 is 15.0 Å². The van der Waals surface area contributed by atoms with Crippen LogP contribution in [0.1, 0.15) is 29.6 Å². The zero-order valence-corrected chi connectivity index (χ0v) is 10.1. The average molecular weight is 250 g/mol. The molecule has 5 nitrogen and oxygen atoms in total. The van der Waals surface area contributed by atoms with Gasteiger partial charge < -0.3 is 20.8 Å². The lowest BCUT2D eigenvalue weighted by molar-refractivity contribution is 0.0934. The van der Waals surface area contributed by atoms with E-state index in [4.69, 9.17) is 0 Å². The summed E-state index contributed by atoms with van der Waals surface area (Å²) in [6, 6.07) is 3.99. The molecule has 1 unspecified atom stereocenters. The van der Waals surface area contributed by atoms with Gasteiger partial charge >= 0.3 is 0 Å². The Morgan fingerprint density at radius 3 is 2.67 bits per heavy atom. The molecule has 18 heavy (non-hydrogen) atoms. The number of rotatable bonds is 2. The van der Waals surface area contributed by atoms with Crippen LogP contribution >= 0.6 is 0 Å². The standard InChI is InChI=1S/C13H18N2O3/c16-11-5-9(6-12(17)7-11)13(18)15-10-3-1-2-4-14-8-10/h5-7,10,14,16-17H,1-4,8H2,(H,15,18). The van der Waals surface area contributed by atoms with E-state index < -0.39 is 0 Å². The molecule has 1 aromatic rings. The molecule has 0 aliphatic carbocycles. The van der Waals surface area contributed by atoms with Crippen molar-refractivity contribution in [3.8, 4) is 11.5 Å². The van der Waals surface area contributed by atoms with Crippen molar-refractivity contribution in [2.75, 3.05) is 13.1 Å². The number of phenols is 2. The maximum atomic E-state index is 12.0. The highest BCUT2D eigenvalue weighted by atomic mass is 16.3. The van der Waals surface area contributed by atoms with Crippen molar-refractivity contribution in [3.63, 3.8) is 0 Å². The van der Waals surface area contributed by atoms with Crippen LogP contribution in [0, 0.1) is 0 Å². The van der Waals surface area contributed by atoms with Gasteiger partial charge in [0.05, 0.1) is 0 Å². The fraction of sp³-hybridized carbons (Fsp3) is 0.462. The van der Waals surface area contributed by atoms with Crippen LogP contribution in [-0.2, 0) is 0 Å². The Morgan fingerprint density at radius 2 is 1.94 bits per heavy atom. The van der Waals surface area contributed by atoms with E-state index in [1.807, 2.05) is 0 Å². The molecule has 0 radical (unpaired) electrons. The number of hydrogen-bond donors (Lipinski definition) is 4. The number of nitrogens with one attached hydrogen (secondary N) is 2. The fourth-order valence-electron chi connectivity index (χ4n) is 2.14. The molecule has 0 spiro atoms. The van der Waals surface area contributed by atoms with E-state index in [-0.39, 0.29) is 29.0 Å². The molecule has 1 heterocycles. The van der Waals surface area contributed by atoms with E-state index in [1.54, 1.807) is 0 Å². The molecule has 1 amide bonds. The summed E-state index contributed by atoms with van der Waals surface area (Å²) in [6.45, 7) is 1.75. The Bertz CT molecular complexity index is 406. The highest BCUT2D eigenvalue weighted by Crippen LogP contribution is 2.20. The van der Waals surface area contributed by atoms with E-state index in [1.165, 1.54) is 18.2 Å². The number of aromatic hydroxyl groups is 2. The molecule has 1 atom stereocenters. The van der Waals surface area contributed by atoms with Crippen LogP contribution in [0.2, 0.25) is 0 Å². The van der Waals surface area contributed by atoms with Crippen LogP contribution < -0.4 is 10.6 Å². The summed E-state index contributed by atoms with van der Waals surface area (Å²) in [4.78, 5) is 12.0. The van der Waals surface area contributed by atoms with Gasteiger partial charge in [0.25, 0.3) is 5.91 Å². The number of amides is 1. The summed E-state index contributed by atoms with van der Waals surface area (Å²) < 4.78 is 0. The molecule has 0 aromatic heterocycles. The molecule has 2 rings (SSSR count). The third-order valence-electron chi connectivity index (χ3n) is 3.05. The number of carbonyl (C=O) groups is 1. The van der Waals surface area contributed by atoms with Gasteiger partial charge in [-0.3, -0.25) is 4.79 Å². The molecular weight excluding hydrogens is 232 g/mol. The van der Waals surface area contributed by atoms with Crippen LogP contribution in [-0.4, -0.2) is 35.3 Å². The largest absolute Gasteiger partial charge is 0.508 e. The van der Waals surface area contributed by atoms with Gasteiger partial charge in [0.2, 0.25) is 0 Å². The number of carbonyl (C=O) groups excluding carboxylic acids is 1. The van der Waals surface area contributed by atoms with Gasteiger partial charge in [0, 0.05) is 24.2 Å². The topological polar surface area (TPSA) is 81.6 Å². The zero-order valence-electron chi connectivity index (χ0n) is 10.1. The number of hydrogen-bond acceptors (Lipinski definition) is 4. The van der Waals surface area contributed by atoms with Gasteiger partial charge in [-0.1, -0.05) is 6.42 Å². The Hall–Kier alpha value is -1.75. The van der Waals surface area contributed by atoms with Crippen molar-refractivity contribution >= 4 is 5.91 Å². The van der Waals surface area contributed by atoms with Gasteiger partial charge in [-0.2, -0.15) is 0 Å². The van der Waals surface area contributed by atoms with Gasteiger partial charge in [-0.25, -0.2) is 0 Å². The molecule has 4 N–H and O–H groups in total. The van der Waals surface area contributed by atoms with Gasteiger partial charge in [0.15, 0.2) is 0 Å². The Labute approximate surface area is 106 Å². The first kappa shape index (κ1) is 12.7. The van der Waals surface area contributed by atoms with E-state index in [0.717, 1.165) is 32.4 Å². The van der Waals surface area contributed by atoms with Gasteiger partial charge in [-0.15, -0.1) is 0 Å². The predicted octanol–water partition coefficient (Wildman–Crippen LogP) is 0.970. The second kappa shape index (κ2) is 5.73. The molecule has 0 bridgehead atoms. The molecule has 1 aliphatic heterocycles. The summed E-state index contributed by atoms with van der Waals surface area (Å²) >= 11 is 0. The van der Waals surface area contributed by atoms with E-state index >= 15 is 0 Å². The van der Waals surface area contributed by atoms with Crippen molar-refractivity contribution in [2.24, 2.45) is 0 Å². The predicted molar refractivity (Wildman–Crippen MR) is 67.7 cm³/mol. The lowest BCUT2D eigenvalue weighted by atomic mass is 10.1.